The first-order valence-corrected chi connectivity index (χ1v) is 9.39. The lowest BCUT2D eigenvalue weighted by Crippen LogP contribution is -2.13. The molecule has 0 aliphatic carbocycles. The number of nitrogens with zero attached hydrogens (tertiary/aromatic N) is 1. The third-order valence-electron chi connectivity index (χ3n) is 2.12. The van der Waals surface area contributed by atoms with Crippen molar-refractivity contribution in [1.29, 1.82) is 0 Å². The van der Waals surface area contributed by atoms with Crippen LogP contribution in [0.5, 0.6) is 0 Å². The summed E-state index contributed by atoms with van der Waals surface area (Å²) in [5, 5.41) is 0. The second-order valence-electron chi connectivity index (χ2n) is 3.79. The van der Waals surface area contributed by atoms with Crippen LogP contribution < -0.4 is 4.72 Å². The lowest BCUT2D eigenvalue weighted by atomic mass is 10.3. The molecule has 2 aromatic rings. The van der Waals surface area contributed by atoms with Gasteiger partial charge in [-0.05, 0) is 12.1 Å². The van der Waals surface area contributed by atoms with Gasteiger partial charge in [0, 0.05) is 6.26 Å². The van der Waals surface area contributed by atoms with E-state index in [0.29, 0.717) is 4.70 Å². The fraction of sp³-hybridized carbons (Fsp3) is 0.222. The average molecular weight is 306 g/mol. The molecule has 0 aliphatic rings. The van der Waals surface area contributed by atoms with Crippen molar-refractivity contribution in [3.8, 4) is 0 Å². The third-order valence-corrected chi connectivity index (χ3v) is 4.66. The molecule has 1 aromatic carbocycles. The van der Waals surface area contributed by atoms with Crippen LogP contribution in [0.2, 0.25) is 0 Å². The summed E-state index contributed by atoms with van der Waals surface area (Å²) in [5.74, 6) is 0. The van der Waals surface area contributed by atoms with E-state index >= 15 is 0 Å². The van der Waals surface area contributed by atoms with Crippen molar-refractivity contribution in [2.45, 2.75) is 4.90 Å². The van der Waals surface area contributed by atoms with Gasteiger partial charge in [-0.1, -0.05) is 0 Å². The summed E-state index contributed by atoms with van der Waals surface area (Å²) in [6, 6.07) is 3.06. The Hall–Kier alpha value is -1.19. The third kappa shape index (κ3) is 2.62. The maximum absolute atomic E-state index is 11.8. The molecular weight excluding hydrogens is 296 g/mol. The Morgan fingerprint density at radius 2 is 1.83 bits per heavy atom. The van der Waals surface area contributed by atoms with Gasteiger partial charge >= 0.3 is 0 Å². The smallest absolute Gasteiger partial charge is 0.229 e. The van der Waals surface area contributed by atoms with Crippen molar-refractivity contribution in [3.05, 3.63) is 17.6 Å². The molecule has 6 nitrogen and oxygen atoms in total. The summed E-state index contributed by atoms with van der Waals surface area (Å²) >= 11 is 1.29. The number of benzene rings is 1. The number of hydrogen-bond acceptors (Lipinski definition) is 6. The highest BCUT2D eigenvalue weighted by Gasteiger charge is 2.21. The van der Waals surface area contributed by atoms with Crippen molar-refractivity contribution in [2.24, 2.45) is 0 Å². The van der Waals surface area contributed by atoms with Gasteiger partial charge in [0.1, 0.15) is 10.4 Å². The van der Waals surface area contributed by atoms with Gasteiger partial charge < -0.3 is 0 Å². The first-order chi connectivity index (χ1) is 8.18. The standard InChI is InChI=1S/C9H10N2O4S3/c1-17(12,13)9-6(11-18(2,14)15)3-4-7-8(9)10-5-16-7/h3-5,11H,1-2H3. The Bertz CT molecular complexity index is 805. The minimum atomic E-state index is -3.59. The lowest BCUT2D eigenvalue weighted by molar-refractivity contribution is 0.603. The van der Waals surface area contributed by atoms with Gasteiger partial charge in [0.25, 0.3) is 0 Å². The van der Waals surface area contributed by atoms with Crippen molar-refractivity contribution in [2.75, 3.05) is 17.2 Å². The molecule has 0 aliphatic heterocycles. The number of anilines is 1. The Balaban J connectivity index is 2.82. The molecule has 9 heteroatoms. The fourth-order valence-electron chi connectivity index (χ4n) is 1.56. The molecule has 2 rings (SSSR count). The van der Waals surface area contributed by atoms with Crippen LogP contribution in [0.4, 0.5) is 5.69 Å². The van der Waals surface area contributed by atoms with Gasteiger partial charge in [-0.3, -0.25) is 4.72 Å². The van der Waals surface area contributed by atoms with Crippen molar-refractivity contribution in [1.82, 2.24) is 4.98 Å². The first kappa shape index (κ1) is 13.2. The summed E-state index contributed by atoms with van der Waals surface area (Å²) in [6.45, 7) is 0. The zero-order valence-electron chi connectivity index (χ0n) is 9.54. The van der Waals surface area contributed by atoms with E-state index in [1.165, 1.54) is 22.9 Å². The summed E-state index contributed by atoms with van der Waals surface area (Å²) in [6.07, 6.45) is 1.99. The second-order valence-corrected chi connectivity index (χ2v) is 8.38. The Morgan fingerprint density at radius 3 is 2.39 bits per heavy atom. The number of thiazole rings is 1. The highest BCUT2D eigenvalue weighted by Crippen LogP contribution is 2.31. The molecule has 1 N–H and O–H groups in total. The van der Waals surface area contributed by atoms with Crippen LogP contribution in [0.25, 0.3) is 10.2 Å². The Labute approximate surface area is 109 Å². The van der Waals surface area contributed by atoms with E-state index < -0.39 is 19.9 Å². The molecule has 98 valence electrons. The van der Waals surface area contributed by atoms with E-state index in [-0.39, 0.29) is 16.1 Å². The normalized spacial score (nSPS) is 12.8. The molecule has 0 fully saturated rings. The molecule has 18 heavy (non-hydrogen) atoms. The van der Waals surface area contributed by atoms with E-state index in [2.05, 4.69) is 9.71 Å². The zero-order chi connectivity index (χ0) is 13.6. The van der Waals surface area contributed by atoms with Gasteiger partial charge in [0.05, 0.1) is 22.2 Å². The maximum Gasteiger partial charge on any atom is 0.229 e. The van der Waals surface area contributed by atoms with E-state index in [0.717, 1.165) is 12.5 Å². The SMILES string of the molecule is CS(=O)(=O)Nc1ccc2scnc2c1S(C)(=O)=O. The average Bonchev–Trinajstić information content (AvgIpc) is 2.59. The van der Waals surface area contributed by atoms with E-state index in [4.69, 9.17) is 0 Å². The summed E-state index contributed by atoms with van der Waals surface area (Å²) in [5.41, 5.74) is 1.83. The van der Waals surface area contributed by atoms with Gasteiger partial charge in [-0.15, -0.1) is 11.3 Å². The summed E-state index contributed by atoms with van der Waals surface area (Å²) < 4.78 is 48.9. The maximum atomic E-state index is 11.8. The predicted octanol–water partition coefficient (Wildman–Crippen LogP) is 1.07. The van der Waals surface area contributed by atoms with Crippen LogP contribution in [0.1, 0.15) is 0 Å². The topological polar surface area (TPSA) is 93.2 Å². The summed E-state index contributed by atoms with van der Waals surface area (Å²) in [7, 11) is -7.14. The van der Waals surface area contributed by atoms with Crippen molar-refractivity contribution < 1.29 is 16.8 Å². The second kappa shape index (κ2) is 4.18. The minimum Gasteiger partial charge on any atom is -0.282 e. The quantitative estimate of drug-likeness (QED) is 0.915. The molecule has 1 aromatic heterocycles. The minimum absolute atomic E-state index is 0.0263. The monoisotopic (exact) mass is 306 g/mol. The molecule has 0 saturated carbocycles. The number of nitrogens with one attached hydrogen (secondary N) is 1. The molecule has 0 spiro atoms. The van der Waals surface area contributed by atoms with Crippen molar-refractivity contribution in [3.63, 3.8) is 0 Å². The van der Waals surface area contributed by atoms with Gasteiger partial charge in [0.15, 0.2) is 9.84 Å². The molecule has 0 bridgehead atoms. The molecule has 0 radical (unpaired) electrons. The Kier molecular flexibility index (Phi) is 3.07. The number of sulfone groups is 1. The van der Waals surface area contributed by atoms with Crippen LogP contribution in [0, 0.1) is 0 Å². The molecule has 0 amide bonds. The van der Waals surface area contributed by atoms with Gasteiger partial charge in [0.2, 0.25) is 10.0 Å². The van der Waals surface area contributed by atoms with Gasteiger partial charge in [-0.2, -0.15) is 0 Å². The molecule has 0 saturated heterocycles. The molecular formula is C9H10N2O4S3. The van der Waals surface area contributed by atoms with E-state index in [1.807, 2.05) is 0 Å². The van der Waals surface area contributed by atoms with Crippen LogP contribution in [0.3, 0.4) is 0 Å². The number of rotatable bonds is 3. The largest absolute Gasteiger partial charge is 0.282 e. The zero-order valence-corrected chi connectivity index (χ0v) is 12.0. The van der Waals surface area contributed by atoms with Crippen molar-refractivity contribution >= 4 is 47.1 Å². The number of sulfonamides is 1. The van der Waals surface area contributed by atoms with E-state index in [9.17, 15) is 16.8 Å². The number of aromatic nitrogens is 1. The highest BCUT2D eigenvalue weighted by atomic mass is 32.2. The van der Waals surface area contributed by atoms with E-state index in [1.54, 1.807) is 6.07 Å². The lowest BCUT2D eigenvalue weighted by Gasteiger charge is -2.09. The molecule has 1 heterocycles. The number of hydrogen-bond donors (Lipinski definition) is 1. The Morgan fingerprint density at radius 1 is 1.17 bits per heavy atom. The van der Waals surface area contributed by atoms with Crippen LogP contribution >= 0.6 is 11.3 Å². The fourth-order valence-corrected chi connectivity index (χ4v) is 3.98. The van der Waals surface area contributed by atoms with Crippen LogP contribution in [-0.4, -0.2) is 34.3 Å². The first-order valence-electron chi connectivity index (χ1n) is 4.72. The predicted molar refractivity (Wildman–Crippen MR) is 71.2 cm³/mol. The van der Waals surface area contributed by atoms with Crippen LogP contribution in [0.15, 0.2) is 22.5 Å². The summed E-state index contributed by atoms with van der Waals surface area (Å²) in [4.78, 5) is 3.89. The number of fused-ring (bicyclic) bond motifs is 1. The van der Waals surface area contributed by atoms with Gasteiger partial charge in [-0.25, -0.2) is 21.8 Å². The molecule has 0 unspecified atom stereocenters. The van der Waals surface area contributed by atoms with Crippen LogP contribution in [-0.2, 0) is 19.9 Å². The molecule has 0 atom stereocenters. The highest BCUT2D eigenvalue weighted by molar-refractivity contribution is 7.92.